The molecular weight excluding hydrogens is 262 g/mol. The Kier molecular flexibility index (Phi) is 4.89. The molecule has 2 atom stereocenters. The molecule has 1 aromatic rings. The highest BCUT2D eigenvalue weighted by atomic mass is 16.5. The number of ether oxygens (including phenoxy) is 1. The highest BCUT2D eigenvalue weighted by Crippen LogP contribution is 2.27. The number of hydrogen-bond donors (Lipinski definition) is 1. The van der Waals surface area contributed by atoms with Gasteiger partial charge in [0.1, 0.15) is 5.82 Å². The van der Waals surface area contributed by atoms with Crippen LogP contribution in [-0.4, -0.2) is 37.3 Å². The van der Waals surface area contributed by atoms with Crippen molar-refractivity contribution in [2.45, 2.75) is 58.7 Å². The molecule has 118 valence electrons. The molecule has 0 spiro atoms. The molecule has 1 aliphatic heterocycles. The summed E-state index contributed by atoms with van der Waals surface area (Å²) in [5, 5.41) is 3.24. The van der Waals surface area contributed by atoms with E-state index in [2.05, 4.69) is 57.0 Å². The number of nitrogens with zero attached hydrogens (tertiary/aromatic N) is 2. The van der Waals surface area contributed by atoms with Gasteiger partial charge in [-0.25, -0.2) is 4.98 Å². The van der Waals surface area contributed by atoms with Crippen LogP contribution in [0, 0.1) is 0 Å². The largest absolute Gasteiger partial charge is 0.375 e. The van der Waals surface area contributed by atoms with Crippen LogP contribution >= 0.6 is 0 Å². The molecule has 4 heteroatoms. The Balaban J connectivity index is 2.39. The fourth-order valence-electron chi connectivity index (χ4n) is 2.63. The zero-order valence-electron chi connectivity index (χ0n) is 14.2. The maximum atomic E-state index is 5.74. The fraction of sp³-hybridized carbons (Fsp3) is 0.706. The van der Waals surface area contributed by atoms with E-state index < -0.39 is 0 Å². The Hall–Kier alpha value is -1.13. The van der Waals surface area contributed by atoms with Gasteiger partial charge in [-0.05, 0) is 38.6 Å². The number of morpholine rings is 1. The van der Waals surface area contributed by atoms with E-state index in [4.69, 9.17) is 9.72 Å². The van der Waals surface area contributed by atoms with E-state index in [0.29, 0.717) is 6.04 Å². The van der Waals surface area contributed by atoms with Gasteiger partial charge in [-0.3, -0.25) is 0 Å². The molecule has 1 N–H and O–H groups in total. The highest BCUT2D eigenvalue weighted by Gasteiger charge is 2.26. The molecule has 1 saturated heterocycles. The number of rotatable bonds is 3. The topological polar surface area (TPSA) is 37.4 Å². The van der Waals surface area contributed by atoms with Crippen LogP contribution in [0.15, 0.2) is 12.1 Å². The molecule has 0 aromatic carbocycles. The molecular formula is C17H29N3O. The van der Waals surface area contributed by atoms with Crippen LogP contribution in [-0.2, 0) is 16.7 Å². The zero-order chi connectivity index (χ0) is 15.6. The summed E-state index contributed by atoms with van der Waals surface area (Å²) in [6.07, 6.45) is 0.258. The molecule has 21 heavy (non-hydrogen) atoms. The molecule has 1 aliphatic rings. The Morgan fingerprint density at radius 1 is 1.33 bits per heavy atom. The minimum Gasteiger partial charge on any atom is -0.375 e. The summed E-state index contributed by atoms with van der Waals surface area (Å²) in [5.41, 5.74) is 2.50. The summed E-state index contributed by atoms with van der Waals surface area (Å²) in [4.78, 5) is 7.32. The molecule has 1 aromatic heterocycles. The minimum absolute atomic E-state index is 0.0552. The van der Waals surface area contributed by atoms with Crippen molar-refractivity contribution < 1.29 is 4.74 Å². The van der Waals surface area contributed by atoms with Gasteiger partial charge >= 0.3 is 0 Å². The Labute approximate surface area is 128 Å². The number of nitrogens with one attached hydrogen (secondary N) is 1. The van der Waals surface area contributed by atoms with Gasteiger partial charge in [0.15, 0.2) is 0 Å². The average molecular weight is 291 g/mol. The molecule has 0 aliphatic carbocycles. The number of aromatic nitrogens is 1. The van der Waals surface area contributed by atoms with Crippen LogP contribution < -0.4 is 10.2 Å². The molecule has 2 rings (SSSR count). The molecule has 2 unspecified atom stereocenters. The smallest absolute Gasteiger partial charge is 0.129 e. The summed E-state index contributed by atoms with van der Waals surface area (Å²) in [5.74, 6) is 1.08. The third-order valence-corrected chi connectivity index (χ3v) is 3.92. The SMILES string of the molecule is CNCc1cc(N2CC(C)OCC2C)nc(C(C)(C)C)c1. The van der Waals surface area contributed by atoms with E-state index in [9.17, 15) is 0 Å². The zero-order valence-corrected chi connectivity index (χ0v) is 14.2. The lowest BCUT2D eigenvalue weighted by molar-refractivity contribution is 0.0340. The molecule has 0 saturated carbocycles. The van der Waals surface area contributed by atoms with Crippen molar-refractivity contribution in [1.82, 2.24) is 10.3 Å². The second-order valence-electron chi connectivity index (χ2n) is 7.14. The maximum Gasteiger partial charge on any atom is 0.129 e. The van der Waals surface area contributed by atoms with Gasteiger partial charge in [0.25, 0.3) is 0 Å². The predicted octanol–water partition coefficient (Wildman–Crippen LogP) is 2.71. The first-order valence-corrected chi connectivity index (χ1v) is 7.85. The minimum atomic E-state index is 0.0552. The van der Waals surface area contributed by atoms with Crippen molar-refractivity contribution >= 4 is 5.82 Å². The molecule has 1 fully saturated rings. The number of hydrogen-bond acceptors (Lipinski definition) is 4. The summed E-state index contributed by atoms with van der Waals surface area (Å²) < 4.78 is 5.74. The standard InChI is InChI=1S/C17H29N3O/c1-12-11-21-13(2)10-20(12)16-8-14(9-18-6)7-15(19-16)17(3,4)5/h7-8,12-13,18H,9-11H2,1-6H3. The van der Waals surface area contributed by atoms with Crippen molar-refractivity contribution in [3.05, 3.63) is 23.4 Å². The van der Waals surface area contributed by atoms with Crippen molar-refractivity contribution in [3.63, 3.8) is 0 Å². The second kappa shape index (κ2) is 6.32. The predicted molar refractivity (Wildman–Crippen MR) is 87.9 cm³/mol. The first-order valence-electron chi connectivity index (χ1n) is 7.85. The summed E-state index contributed by atoms with van der Waals surface area (Å²) >= 11 is 0. The van der Waals surface area contributed by atoms with Crippen molar-refractivity contribution in [2.75, 3.05) is 25.1 Å². The van der Waals surface area contributed by atoms with E-state index in [-0.39, 0.29) is 11.5 Å². The Bertz CT molecular complexity index is 481. The van der Waals surface area contributed by atoms with Crippen molar-refractivity contribution in [3.8, 4) is 0 Å². The van der Waals surface area contributed by atoms with Crippen LogP contribution in [0.4, 0.5) is 5.82 Å². The quantitative estimate of drug-likeness (QED) is 0.929. The van der Waals surface area contributed by atoms with Crippen molar-refractivity contribution in [2.24, 2.45) is 0 Å². The van der Waals surface area contributed by atoms with Gasteiger partial charge < -0.3 is 15.0 Å². The average Bonchev–Trinajstić information content (AvgIpc) is 2.40. The molecule has 2 heterocycles. The van der Waals surface area contributed by atoms with Gasteiger partial charge in [-0.1, -0.05) is 20.8 Å². The summed E-state index contributed by atoms with van der Waals surface area (Å²) in [6.45, 7) is 13.5. The summed E-state index contributed by atoms with van der Waals surface area (Å²) in [7, 11) is 1.98. The van der Waals surface area contributed by atoms with Crippen LogP contribution in [0.1, 0.15) is 45.9 Å². The van der Waals surface area contributed by atoms with Gasteiger partial charge in [-0.15, -0.1) is 0 Å². The van der Waals surface area contributed by atoms with Crippen LogP contribution in [0.2, 0.25) is 0 Å². The maximum absolute atomic E-state index is 5.74. The van der Waals surface area contributed by atoms with Gasteiger partial charge in [-0.2, -0.15) is 0 Å². The fourth-order valence-corrected chi connectivity index (χ4v) is 2.63. The number of pyridine rings is 1. The second-order valence-corrected chi connectivity index (χ2v) is 7.14. The molecule has 0 radical (unpaired) electrons. The molecule has 4 nitrogen and oxygen atoms in total. The highest BCUT2D eigenvalue weighted by molar-refractivity contribution is 5.45. The molecule has 0 amide bonds. The summed E-state index contributed by atoms with van der Waals surface area (Å²) in [6, 6.07) is 4.79. The normalized spacial score (nSPS) is 23.4. The van der Waals surface area contributed by atoms with Crippen molar-refractivity contribution in [1.29, 1.82) is 0 Å². The van der Waals surface area contributed by atoms with E-state index in [0.717, 1.165) is 31.2 Å². The lowest BCUT2D eigenvalue weighted by Gasteiger charge is -2.38. The Morgan fingerprint density at radius 3 is 2.67 bits per heavy atom. The number of anilines is 1. The van der Waals surface area contributed by atoms with Crippen LogP contribution in [0.5, 0.6) is 0 Å². The van der Waals surface area contributed by atoms with E-state index >= 15 is 0 Å². The van der Waals surface area contributed by atoms with E-state index in [1.54, 1.807) is 0 Å². The van der Waals surface area contributed by atoms with E-state index in [1.807, 2.05) is 7.05 Å². The Morgan fingerprint density at radius 2 is 2.05 bits per heavy atom. The lowest BCUT2D eigenvalue weighted by Crippen LogP contribution is -2.48. The first-order chi connectivity index (χ1) is 9.81. The first kappa shape index (κ1) is 16.2. The van der Waals surface area contributed by atoms with Gasteiger partial charge in [0, 0.05) is 24.2 Å². The van der Waals surface area contributed by atoms with Crippen LogP contribution in [0.3, 0.4) is 0 Å². The lowest BCUT2D eigenvalue weighted by atomic mass is 9.90. The monoisotopic (exact) mass is 291 g/mol. The van der Waals surface area contributed by atoms with Crippen LogP contribution in [0.25, 0.3) is 0 Å². The van der Waals surface area contributed by atoms with Gasteiger partial charge in [0.05, 0.1) is 18.8 Å². The van der Waals surface area contributed by atoms with Gasteiger partial charge in [0.2, 0.25) is 0 Å². The third-order valence-electron chi connectivity index (χ3n) is 3.92. The van der Waals surface area contributed by atoms with E-state index in [1.165, 1.54) is 5.56 Å². The third kappa shape index (κ3) is 3.95. The molecule has 0 bridgehead atoms.